The van der Waals surface area contributed by atoms with Crippen LogP contribution in [0.3, 0.4) is 0 Å². The Hall–Kier alpha value is -3.42. The van der Waals surface area contributed by atoms with Gasteiger partial charge in [0.1, 0.15) is 5.82 Å². The lowest BCUT2D eigenvalue weighted by atomic mass is 9.89. The van der Waals surface area contributed by atoms with Crippen molar-refractivity contribution in [1.82, 2.24) is 18.7 Å². The van der Waals surface area contributed by atoms with E-state index in [0.717, 1.165) is 36.8 Å². The van der Waals surface area contributed by atoms with E-state index in [2.05, 4.69) is 4.74 Å². The molecule has 8 nitrogen and oxygen atoms in total. The summed E-state index contributed by atoms with van der Waals surface area (Å²) < 4.78 is 9.78. The summed E-state index contributed by atoms with van der Waals surface area (Å²) in [6.07, 6.45) is 14.6. The van der Waals surface area contributed by atoms with E-state index in [1.54, 1.807) is 10.6 Å². The van der Waals surface area contributed by atoms with E-state index in [-0.39, 0.29) is 11.2 Å². The Balaban J connectivity index is 1.58. The van der Waals surface area contributed by atoms with E-state index in [1.807, 2.05) is 35.9 Å². The van der Waals surface area contributed by atoms with Crippen molar-refractivity contribution in [3.05, 3.63) is 56.7 Å². The molecule has 2 saturated carbocycles. The number of fused-ring (bicyclic) bond motifs is 1. The van der Waals surface area contributed by atoms with Crippen molar-refractivity contribution in [2.24, 2.45) is 18.9 Å². The van der Waals surface area contributed by atoms with Crippen LogP contribution in [0.1, 0.15) is 69.8 Å². The first-order valence-corrected chi connectivity index (χ1v) is 14.0. The molecule has 8 heteroatoms. The molecule has 2 aliphatic carbocycles. The summed E-state index contributed by atoms with van der Waals surface area (Å²) in [4.78, 5) is 44.0. The Kier molecular flexibility index (Phi) is 7.95. The average Bonchev–Trinajstić information content (AvgIpc) is 3.30. The number of imidazole rings is 1. The largest absolute Gasteiger partial charge is 0.466 e. The van der Waals surface area contributed by atoms with Gasteiger partial charge in [0.2, 0.25) is 0 Å². The minimum Gasteiger partial charge on any atom is -0.466 e. The zero-order valence-corrected chi connectivity index (χ0v) is 22.5. The number of hydrogen-bond donors (Lipinski definition) is 0. The van der Waals surface area contributed by atoms with Crippen molar-refractivity contribution in [3.8, 4) is 11.4 Å². The molecule has 0 N–H and O–H groups in total. The fourth-order valence-electron chi connectivity index (χ4n) is 6.18. The molecule has 3 aromatic rings. The number of carbonyl (C=O) groups excluding carboxylic acids is 1. The predicted octanol–water partition coefficient (Wildman–Crippen LogP) is 4.91. The third kappa shape index (κ3) is 5.40. The summed E-state index contributed by atoms with van der Waals surface area (Å²) in [5, 5.41) is 0. The van der Waals surface area contributed by atoms with Crippen LogP contribution in [0.4, 0.5) is 0 Å². The molecule has 2 heterocycles. The first-order chi connectivity index (χ1) is 18.5. The van der Waals surface area contributed by atoms with E-state index in [1.165, 1.54) is 56.3 Å². The van der Waals surface area contributed by atoms with Gasteiger partial charge in [0, 0.05) is 31.8 Å². The Morgan fingerprint density at radius 1 is 0.921 bits per heavy atom. The van der Waals surface area contributed by atoms with E-state index in [4.69, 9.17) is 4.98 Å². The SMILES string of the molecule is COC(=O)/C=C/c1ccc(-c2nc3c(c(=O)n(CC4CCCCC4)c(=O)n3CC3CCCCC3)n2C)cc1. The smallest absolute Gasteiger partial charge is 0.332 e. The maximum absolute atomic E-state index is 13.8. The number of esters is 1. The summed E-state index contributed by atoms with van der Waals surface area (Å²) >= 11 is 0. The molecule has 0 bridgehead atoms. The summed E-state index contributed by atoms with van der Waals surface area (Å²) in [5.41, 5.74) is 2.20. The number of ether oxygens (including phenoxy) is 1. The molecule has 2 fully saturated rings. The highest BCUT2D eigenvalue weighted by Gasteiger charge is 2.25. The van der Waals surface area contributed by atoms with Crippen LogP contribution in [0, 0.1) is 11.8 Å². The van der Waals surface area contributed by atoms with Crippen molar-refractivity contribution in [2.75, 3.05) is 7.11 Å². The molecule has 2 aromatic heterocycles. The minimum absolute atomic E-state index is 0.216. The van der Waals surface area contributed by atoms with E-state index in [0.29, 0.717) is 41.9 Å². The van der Waals surface area contributed by atoms with Gasteiger partial charge < -0.3 is 9.30 Å². The predicted molar refractivity (Wildman–Crippen MR) is 149 cm³/mol. The third-order valence-corrected chi connectivity index (χ3v) is 8.35. The van der Waals surface area contributed by atoms with Crippen molar-refractivity contribution >= 4 is 23.2 Å². The molecule has 0 saturated heterocycles. The molecular weight excluding hydrogens is 480 g/mol. The normalized spacial score (nSPS) is 17.4. The number of carbonyl (C=O) groups is 1. The van der Waals surface area contributed by atoms with Crippen molar-refractivity contribution in [2.45, 2.75) is 77.3 Å². The van der Waals surface area contributed by atoms with Gasteiger partial charge in [0.25, 0.3) is 5.56 Å². The zero-order valence-electron chi connectivity index (χ0n) is 22.5. The maximum atomic E-state index is 13.8. The van der Waals surface area contributed by atoms with Crippen molar-refractivity contribution in [1.29, 1.82) is 0 Å². The Labute approximate surface area is 222 Å². The van der Waals surface area contributed by atoms with Crippen LogP contribution in [0.5, 0.6) is 0 Å². The standard InChI is InChI=1S/C30H38N4O4/c1-32-26-28(31-27(32)24-16-13-21(14-17-24)15-18-25(35)38-2)33(19-22-9-5-3-6-10-22)30(37)34(29(26)36)20-23-11-7-4-8-12-23/h13-18,22-23H,3-12,19-20H2,1-2H3/b18-15+. The number of aryl methyl sites for hydroxylation is 1. The van der Waals surface area contributed by atoms with Crippen LogP contribution in [0.15, 0.2) is 39.9 Å². The lowest BCUT2D eigenvalue weighted by molar-refractivity contribution is -0.134. The molecule has 0 aliphatic heterocycles. The second-order valence-electron chi connectivity index (χ2n) is 11.0. The fourth-order valence-corrected chi connectivity index (χ4v) is 6.18. The van der Waals surface area contributed by atoms with Crippen LogP contribution < -0.4 is 11.2 Å². The van der Waals surface area contributed by atoms with Crippen LogP contribution in [-0.2, 0) is 29.7 Å². The van der Waals surface area contributed by atoms with Gasteiger partial charge >= 0.3 is 11.7 Å². The molecule has 5 rings (SSSR count). The van der Waals surface area contributed by atoms with E-state index >= 15 is 0 Å². The molecule has 0 unspecified atom stereocenters. The topological polar surface area (TPSA) is 88.1 Å². The number of hydrogen-bond acceptors (Lipinski definition) is 5. The second kappa shape index (κ2) is 11.5. The fraction of sp³-hybridized carbons (Fsp3) is 0.533. The number of methoxy groups -OCH3 is 1. The Morgan fingerprint density at radius 3 is 2.08 bits per heavy atom. The highest BCUT2D eigenvalue weighted by molar-refractivity contribution is 5.87. The monoisotopic (exact) mass is 518 g/mol. The van der Waals surface area contributed by atoms with Crippen LogP contribution >= 0.6 is 0 Å². The summed E-state index contributed by atoms with van der Waals surface area (Å²) in [5.74, 6) is 1.03. The van der Waals surface area contributed by atoms with Crippen LogP contribution in [0.25, 0.3) is 28.6 Å². The number of rotatable bonds is 7. The van der Waals surface area contributed by atoms with Gasteiger partial charge in [-0.05, 0) is 49.2 Å². The zero-order chi connectivity index (χ0) is 26.6. The Bertz CT molecular complexity index is 1430. The number of aromatic nitrogens is 4. The molecule has 2 aliphatic rings. The summed E-state index contributed by atoms with van der Waals surface area (Å²) in [6, 6.07) is 7.62. The summed E-state index contributed by atoms with van der Waals surface area (Å²) in [6.45, 7) is 1.09. The average molecular weight is 519 g/mol. The van der Waals surface area contributed by atoms with Gasteiger partial charge in [0.05, 0.1) is 7.11 Å². The molecule has 202 valence electrons. The Morgan fingerprint density at radius 2 is 1.50 bits per heavy atom. The highest BCUT2D eigenvalue weighted by atomic mass is 16.5. The molecule has 0 radical (unpaired) electrons. The molecular formula is C30H38N4O4. The van der Waals surface area contributed by atoms with Crippen molar-refractivity contribution < 1.29 is 9.53 Å². The first kappa shape index (κ1) is 26.2. The first-order valence-electron chi connectivity index (χ1n) is 14.0. The van der Waals surface area contributed by atoms with Gasteiger partial charge in [-0.3, -0.25) is 13.9 Å². The van der Waals surface area contributed by atoms with Gasteiger partial charge in [-0.25, -0.2) is 14.6 Å². The summed E-state index contributed by atoms with van der Waals surface area (Å²) in [7, 11) is 3.20. The lowest BCUT2D eigenvalue weighted by Gasteiger charge is -2.24. The van der Waals surface area contributed by atoms with Gasteiger partial charge in [-0.15, -0.1) is 0 Å². The van der Waals surface area contributed by atoms with Gasteiger partial charge in [-0.1, -0.05) is 62.8 Å². The molecule has 38 heavy (non-hydrogen) atoms. The van der Waals surface area contributed by atoms with Gasteiger partial charge in [-0.2, -0.15) is 0 Å². The van der Waals surface area contributed by atoms with Crippen molar-refractivity contribution in [3.63, 3.8) is 0 Å². The second-order valence-corrected chi connectivity index (χ2v) is 11.0. The van der Waals surface area contributed by atoms with Crippen LogP contribution in [-0.4, -0.2) is 31.8 Å². The van der Waals surface area contributed by atoms with E-state index in [9.17, 15) is 14.4 Å². The minimum atomic E-state index is -0.412. The molecule has 0 spiro atoms. The van der Waals surface area contributed by atoms with Gasteiger partial charge in [0.15, 0.2) is 11.2 Å². The molecule has 1 aromatic carbocycles. The molecule has 0 amide bonds. The third-order valence-electron chi connectivity index (χ3n) is 8.35. The highest BCUT2D eigenvalue weighted by Crippen LogP contribution is 2.28. The number of nitrogens with zero attached hydrogens (tertiary/aromatic N) is 4. The molecule has 0 atom stereocenters. The maximum Gasteiger partial charge on any atom is 0.332 e. The lowest BCUT2D eigenvalue weighted by Crippen LogP contribution is -2.43. The van der Waals surface area contributed by atoms with Crippen LogP contribution in [0.2, 0.25) is 0 Å². The number of benzene rings is 1. The quantitative estimate of drug-likeness (QED) is 0.328. The van der Waals surface area contributed by atoms with E-state index < -0.39 is 5.97 Å².